The fraction of sp³-hybridized carbons (Fsp3) is 0.348. The third-order valence-corrected chi connectivity index (χ3v) is 5.62. The zero-order valence-corrected chi connectivity index (χ0v) is 17.2. The Morgan fingerprint density at radius 1 is 1.07 bits per heavy atom. The second kappa shape index (κ2) is 7.66. The molecular weight excluding hydrogens is 380 g/mol. The lowest BCUT2D eigenvalue weighted by Gasteiger charge is -2.26. The average molecular weight is 404 g/mol. The summed E-state index contributed by atoms with van der Waals surface area (Å²) < 4.78 is 13.0. The molecule has 1 saturated heterocycles. The molecule has 30 heavy (non-hydrogen) atoms. The van der Waals surface area contributed by atoms with Gasteiger partial charge < -0.3 is 13.6 Å². The molecule has 4 aromatic rings. The molecule has 5 rings (SSSR count). The van der Waals surface area contributed by atoms with Crippen LogP contribution in [0.4, 0.5) is 0 Å². The molecule has 0 spiro atoms. The Bertz CT molecular complexity index is 1290. The standard InChI is InChI=1S/C23H24N4O3/c1-15-13-27-14-20(25-22(27)16(2)24-15)19-12-18-4-3-17(11-21(18)30-23(19)28)5-6-26-7-9-29-10-8-26/h3-4,11-14H,5-10H2,1-2H3. The predicted octanol–water partition coefficient (Wildman–Crippen LogP) is 2.99. The van der Waals surface area contributed by atoms with E-state index in [1.165, 1.54) is 0 Å². The number of morpholine rings is 1. The first-order chi connectivity index (χ1) is 14.6. The van der Waals surface area contributed by atoms with E-state index in [9.17, 15) is 4.79 Å². The second-order valence-electron chi connectivity index (χ2n) is 7.85. The number of hydrogen-bond donors (Lipinski definition) is 0. The van der Waals surface area contributed by atoms with Crippen LogP contribution in [0.25, 0.3) is 27.9 Å². The highest BCUT2D eigenvalue weighted by Gasteiger charge is 2.14. The van der Waals surface area contributed by atoms with Gasteiger partial charge in [0, 0.05) is 37.4 Å². The molecule has 0 unspecified atom stereocenters. The molecule has 0 N–H and O–H groups in total. The minimum atomic E-state index is -0.376. The first-order valence-electron chi connectivity index (χ1n) is 10.3. The predicted molar refractivity (Wildman–Crippen MR) is 115 cm³/mol. The van der Waals surface area contributed by atoms with Crippen molar-refractivity contribution in [2.45, 2.75) is 20.3 Å². The highest BCUT2D eigenvalue weighted by atomic mass is 16.5. The molecule has 4 heterocycles. The van der Waals surface area contributed by atoms with Crippen LogP contribution in [0.3, 0.4) is 0 Å². The Hall–Kier alpha value is -3.03. The molecule has 1 aliphatic heterocycles. The molecule has 0 bridgehead atoms. The Morgan fingerprint density at radius 2 is 1.90 bits per heavy atom. The Kier molecular flexibility index (Phi) is 4.84. The minimum absolute atomic E-state index is 0.376. The van der Waals surface area contributed by atoms with Gasteiger partial charge in [0.25, 0.3) is 0 Å². The van der Waals surface area contributed by atoms with E-state index in [1.807, 2.05) is 48.8 Å². The van der Waals surface area contributed by atoms with Crippen molar-refractivity contribution in [3.05, 3.63) is 64.0 Å². The number of ether oxygens (including phenoxy) is 1. The summed E-state index contributed by atoms with van der Waals surface area (Å²) in [6, 6.07) is 7.96. The number of nitrogens with zero attached hydrogens (tertiary/aromatic N) is 4. The molecule has 1 fully saturated rings. The van der Waals surface area contributed by atoms with E-state index in [0.717, 1.165) is 67.3 Å². The summed E-state index contributed by atoms with van der Waals surface area (Å²) >= 11 is 0. The number of hydrogen-bond acceptors (Lipinski definition) is 6. The first-order valence-corrected chi connectivity index (χ1v) is 10.3. The smallest absolute Gasteiger partial charge is 0.345 e. The summed E-state index contributed by atoms with van der Waals surface area (Å²) in [4.78, 5) is 24.2. The minimum Gasteiger partial charge on any atom is -0.422 e. The van der Waals surface area contributed by atoms with Crippen molar-refractivity contribution in [2.24, 2.45) is 0 Å². The molecule has 154 valence electrons. The van der Waals surface area contributed by atoms with Crippen LogP contribution in [0.2, 0.25) is 0 Å². The molecular formula is C23H24N4O3. The molecule has 1 aromatic carbocycles. The van der Waals surface area contributed by atoms with Crippen LogP contribution in [0, 0.1) is 13.8 Å². The summed E-state index contributed by atoms with van der Waals surface area (Å²) in [5.41, 5.74) is 4.93. The maximum absolute atomic E-state index is 12.7. The first kappa shape index (κ1) is 19.0. The zero-order valence-electron chi connectivity index (χ0n) is 17.2. The molecule has 0 aliphatic carbocycles. The molecule has 0 atom stereocenters. The van der Waals surface area contributed by atoms with Crippen LogP contribution >= 0.6 is 0 Å². The molecule has 7 heteroatoms. The number of benzene rings is 1. The van der Waals surface area contributed by atoms with Gasteiger partial charge in [0.2, 0.25) is 0 Å². The van der Waals surface area contributed by atoms with Crippen LogP contribution in [-0.2, 0) is 11.2 Å². The van der Waals surface area contributed by atoms with E-state index in [4.69, 9.17) is 9.15 Å². The van der Waals surface area contributed by atoms with Crippen molar-refractivity contribution in [3.63, 3.8) is 0 Å². The van der Waals surface area contributed by atoms with Gasteiger partial charge in [-0.3, -0.25) is 9.88 Å². The summed E-state index contributed by atoms with van der Waals surface area (Å²) in [5, 5.41) is 0.891. The average Bonchev–Trinajstić information content (AvgIpc) is 3.16. The van der Waals surface area contributed by atoms with Gasteiger partial charge in [-0.1, -0.05) is 12.1 Å². The van der Waals surface area contributed by atoms with Gasteiger partial charge in [0.05, 0.1) is 35.9 Å². The molecule has 1 aliphatic rings. The summed E-state index contributed by atoms with van der Waals surface area (Å²) in [7, 11) is 0. The lowest BCUT2D eigenvalue weighted by Crippen LogP contribution is -2.37. The van der Waals surface area contributed by atoms with Crippen molar-refractivity contribution < 1.29 is 9.15 Å². The number of rotatable bonds is 4. The number of imidazole rings is 1. The Morgan fingerprint density at radius 3 is 2.73 bits per heavy atom. The van der Waals surface area contributed by atoms with E-state index in [-0.39, 0.29) is 5.63 Å². The second-order valence-corrected chi connectivity index (χ2v) is 7.85. The topological polar surface area (TPSA) is 72.9 Å². The summed E-state index contributed by atoms with van der Waals surface area (Å²) in [5.74, 6) is 0. The van der Waals surface area contributed by atoms with Crippen LogP contribution in [0.1, 0.15) is 17.0 Å². The number of aryl methyl sites for hydroxylation is 2. The lowest BCUT2D eigenvalue weighted by atomic mass is 10.1. The van der Waals surface area contributed by atoms with E-state index < -0.39 is 0 Å². The van der Waals surface area contributed by atoms with Gasteiger partial charge in [-0.05, 0) is 38.0 Å². The fourth-order valence-corrected chi connectivity index (χ4v) is 4.04. The van der Waals surface area contributed by atoms with Crippen molar-refractivity contribution >= 4 is 16.6 Å². The van der Waals surface area contributed by atoms with E-state index in [1.54, 1.807) is 0 Å². The van der Waals surface area contributed by atoms with Gasteiger partial charge in [0.1, 0.15) is 5.58 Å². The van der Waals surface area contributed by atoms with Gasteiger partial charge in [-0.25, -0.2) is 9.78 Å². The Balaban J connectivity index is 1.45. The largest absolute Gasteiger partial charge is 0.422 e. The molecule has 3 aromatic heterocycles. The van der Waals surface area contributed by atoms with E-state index in [2.05, 4.69) is 20.9 Å². The van der Waals surface area contributed by atoms with Gasteiger partial charge in [-0.15, -0.1) is 0 Å². The third kappa shape index (κ3) is 3.62. The van der Waals surface area contributed by atoms with Crippen molar-refractivity contribution in [3.8, 4) is 11.3 Å². The SMILES string of the molecule is Cc1cn2cc(-c3cc4ccc(CCN5CCOCC5)cc4oc3=O)nc2c(C)n1. The maximum Gasteiger partial charge on any atom is 0.345 e. The van der Waals surface area contributed by atoms with Crippen LogP contribution in [-0.4, -0.2) is 52.1 Å². The quantitative estimate of drug-likeness (QED) is 0.487. The molecule has 0 amide bonds. The van der Waals surface area contributed by atoms with Gasteiger partial charge >= 0.3 is 5.63 Å². The molecule has 0 saturated carbocycles. The molecule has 0 radical (unpaired) electrons. The van der Waals surface area contributed by atoms with E-state index >= 15 is 0 Å². The zero-order chi connectivity index (χ0) is 20.7. The Labute approximate surface area is 173 Å². The van der Waals surface area contributed by atoms with Crippen molar-refractivity contribution in [2.75, 3.05) is 32.8 Å². The van der Waals surface area contributed by atoms with E-state index in [0.29, 0.717) is 16.8 Å². The van der Waals surface area contributed by atoms with Crippen molar-refractivity contribution in [1.29, 1.82) is 0 Å². The van der Waals surface area contributed by atoms with Crippen LogP contribution in [0.15, 0.2) is 45.9 Å². The number of aromatic nitrogens is 3. The highest BCUT2D eigenvalue weighted by molar-refractivity contribution is 5.81. The van der Waals surface area contributed by atoms with Gasteiger partial charge in [0.15, 0.2) is 5.65 Å². The fourth-order valence-electron chi connectivity index (χ4n) is 4.04. The van der Waals surface area contributed by atoms with Gasteiger partial charge in [-0.2, -0.15) is 0 Å². The summed E-state index contributed by atoms with van der Waals surface area (Å²) in [6.07, 6.45) is 4.67. The maximum atomic E-state index is 12.7. The van der Waals surface area contributed by atoms with Crippen LogP contribution in [0.5, 0.6) is 0 Å². The molecule has 7 nitrogen and oxygen atoms in total. The summed E-state index contributed by atoms with van der Waals surface area (Å²) in [6.45, 7) is 8.37. The van der Waals surface area contributed by atoms with Crippen LogP contribution < -0.4 is 5.63 Å². The van der Waals surface area contributed by atoms with Crippen molar-refractivity contribution in [1.82, 2.24) is 19.3 Å². The monoisotopic (exact) mass is 404 g/mol. The highest BCUT2D eigenvalue weighted by Crippen LogP contribution is 2.23. The normalized spacial score (nSPS) is 15.3. The third-order valence-electron chi connectivity index (χ3n) is 5.62. The lowest BCUT2D eigenvalue weighted by molar-refractivity contribution is 0.0384. The number of fused-ring (bicyclic) bond motifs is 2.